The van der Waals surface area contributed by atoms with Crippen molar-refractivity contribution < 1.29 is 0 Å². The molecule has 1 aromatic carbocycles. The minimum atomic E-state index is 0.525. The van der Waals surface area contributed by atoms with Gasteiger partial charge >= 0.3 is 0 Å². The van der Waals surface area contributed by atoms with E-state index in [1.807, 2.05) is 39.1 Å². The van der Waals surface area contributed by atoms with E-state index in [4.69, 9.17) is 11.6 Å². The van der Waals surface area contributed by atoms with Crippen LogP contribution in [-0.4, -0.2) is 17.0 Å². The maximum atomic E-state index is 6.09. The number of anilines is 1. The number of rotatable bonds is 3. The largest absolute Gasteiger partial charge is 0.355 e. The van der Waals surface area contributed by atoms with Gasteiger partial charge in [-0.3, -0.25) is 0 Å². The smallest absolute Gasteiger partial charge is 0.137 e. The van der Waals surface area contributed by atoms with Crippen molar-refractivity contribution >= 4 is 17.4 Å². The molecular formula is C14H16ClN3. The Morgan fingerprint density at radius 2 is 1.78 bits per heavy atom. The summed E-state index contributed by atoms with van der Waals surface area (Å²) in [5, 5.41) is 0.525. The second-order valence-electron chi connectivity index (χ2n) is 4.35. The number of aryl methyl sites for hydroxylation is 1. The van der Waals surface area contributed by atoms with E-state index in [-0.39, 0.29) is 0 Å². The third-order valence-electron chi connectivity index (χ3n) is 2.80. The second-order valence-corrected chi connectivity index (χ2v) is 4.71. The van der Waals surface area contributed by atoms with Crippen molar-refractivity contribution in [1.29, 1.82) is 0 Å². The van der Waals surface area contributed by atoms with Crippen molar-refractivity contribution in [2.45, 2.75) is 20.4 Å². The zero-order valence-corrected chi connectivity index (χ0v) is 11.6. The molecular weight excluding hydrogens is 246 g/mol. The van der Waals surface area contributed by atoms with Gasteiger partial charge in [0.05, 0.1) is 0 Å². The summed E-state index contributed by atoms with van der Waals surface area (Å²) in [5.41, 5.74) is 2.16. The van der Waals surface area contributed by atoms with Gasteiger partial charge in [-0.05, 0) is 19.4 Å². The molecule has 0 amide bonds. The minimum Gasteiger partial charge on any atom is -0.355 e. The van der Waals surface area contributed by atoms with E-state index >= 15 is 0 Å². The van der Waals surface area contributed by atoms with Crippen LogP contribution in [-0.2, 0) is 6.54 Å². The van der Waals surface area contributed by atoms with Gasteiger partial charge in [-0.2, -0.15) is 0 Å². The molecule has 0 N–H and O–H groups in total. The maximum absolute atomic E-state index is 6.09. The molecule has 2 rings (SSSR count). The molecule has 0 radical (unpaired) electrons. The van der Waals surface area contributed by atoms with E-state index in [1.165, 1.54) is 5.56 Å². The molecule has 0 fully saturated rings. The van der Waals surface area contributed by atoms with Crippen LogP contribution in [0.2, 0.25) is 5.15 Å². The summed E-state index contributed by atoms with van der Waals surface area (Å²) in [6, 6.07) is 10.3. The molecule has 0 spiro atoms. The van der Waals surface area contributed by atoms with Gasteiger partial charge in [0, 0.05) is 19.2 Å². The van der Waals surface area contributed by atoms with Crippen LogP contribution in [0.3, 0.4) is 0 Å². The highest BCUT2D eigenvalue weighted by atomic mass is 35.5. The molecule has 1 aromatic heterocycles. The first-order valence-electron chi connectivity index (χ1n) is 5.83. The molecule has 18 heavy (non-hydrogen) atoms. The summed E-state index contributed by atoms with van der Waals surface area (Å²) in [4.78, 5) is 10.7. The lowest BCUT2D eigenvalue weighted by molar-refractivity contribution is 0.870. The predicted molar refractivity (Wildman–Crippen MR) is 75.1 cm³/mol. The monoisotopic (exact) mass is 261 g/mol. The first-order chi connectivity index (χ1) is 8.58. The first kappa shape index (κ1) is 12.8. The molecule has 0 atom stereocenters. The van der Waals surface area contributed by atoms with E-state index in [0.717, 1.165) is 17.9 Å². The fourth-order valence-electron chi connectivity index (χ4n) is 1.88. The van der Waals surface area contributed by atoms with Crippen molar-refractivity contribution in [1.82, 2.24) is 9.97 Å². The second kappa shape index (κ2) is 5.36. The average Bonchev–Trinajstić information content (AvgIpc) is 2.35. The van der Waals surface area contributed by atoms with Crippen LogP contribution < -0.4 is 4.90 Å². The van der Waals surface area contributed by atoms with Crippen molar-refractivity contribution in [2.75, 3.05) is 11.9 Å². The summed E-state index contributed by atoms with van der Waals surface area (Å²) in [5.74, 6) is 1.58. The number of benzene rings is 1. The summed E-state index contributed by atoms with van der Waals surface area (Å²) in [6.45, 7) is 4.60. The lowest BCUT2D eigenvalue weighted by Crippen LogP contribution is -2.19. The Hall–Kier alpha value is -1.61. The Labute approximate surface area is 112 Å². The summed E-state index contributed by atoms with van der Waals surface area (Å²) in [7, 11) is 2.01. The fraction of sp³-hybridized carbons (Fsp3) is 0.286. The zero-order valence-electron chi connectivity index (χ0n) is 10.8. The molecule has 0 aliphatic heterocycles. The summed E-state index contributed by atoms with van der Waals surface area (Å²) in [6.07, 6.45) is 0. The van der Waals surface area contributed by atoms with Gasteiger partial charge in [0.25, 0.3) is 0 Å². The highest BCUT2D eigenvalue weighted by Gasteiger charge is 2.11. The predicted octanol–water partition coefficient (Wildman–Crippen LogP) is 3.38. The van der Waals surface area contributed by atoms with Crippen molar-refractivity contribution in [2.24, 2.45) is 0 Å². The molecule has 0 bridgehead atoms. The van der Waals surface area contributed by atoms with Gasteiger partial charge in [0.2, 0.25) is 0 Å². The molecule has 0 saturated carbocycles. The summed E-state index contributed by atoms with van der Waals surface area (Å²) < 4.78 is 0. The Morgan fingerprint density at radius 1 is 1.11 bits per heavy atom. The molecule has 0 aliphatic carbocycles. The number of nitrogens with zero attached hydrogens (tertiary/aromatic N) is 3. The topological polar surface area (TPSA) is 29.0 Å². The normalized spacial score (nSPS) is 10.4. The van der Waals surface area contributed by atoms with Gasteiger partial charge in [0.1, 0.15) is 16.8 Å². The van der Waals surface area contributed by atoms with E-state index in [0.29, 0.717) is 11.0 Å². The Kier molecular flexibility index (Phi) is 3.82. The molecule has 2 aromatic rings. The Bertz CT molecular complexity index is 540. The van der Waals surface area contributed by atoms with E-state index in [1.54, 1.807) is 0 Å². The lowest BCUT2D eigenvalue weighted by atomic mass is 10.2. The molecule has 0 unspecified atom stereocenters. The minimum absolute atomic E-state index is 0.525. The standard InChI is InChI=1S/C14H16ClN3/c1-10-13(15)16-11(2)17-14(10)18(3)9-12-7-5-4-6-8-12/h4-8H,9H2,1-3H3. The molecule has 94 valence electrons. The molecule has 4 heteroatoms. The van der Waals surface area contributed by atoms with E-state index < -0.39 is 0 Å². The van der Waals surface area contributed by atoms with Crippen LogP contribution >= 0.6 is 11.6 Å². The molecule has 0 saturated heterocycles. The number of hydrogen-bond acceptors (Lipinski definition) is 3. The van der Waals surface area contributed by atoms with Crippen LogP contribution in [0.4, 0.5) is 5.82 Å². The van der Waals surface area contributed by atoms with Crippen LogP contribution in [0.25, 0.3) is 0 Å². The lowest BCUT2D eigenvalue weighted by Gasteiger charge is -2.21. The highest BCUT2D eigenvalue weighted by molar-refractivity contribution is 6.30. The van der Waals surface area contributed by atoms with Gasteiger partial charge < -0.3 is 4.90 Å². The Balaban J connectivity index is 2.26. The zero-order chi connectivity index (χ0) is 13.1. The summed E-state index contributed by atoms with van der Waals surface area (Å²) >= 11 is 6.09. The fourth-order valence-corrected chi connectivity index (χ4v) is 2.09. The van der Waals surface area contributed by atoms with Crippen LogP contribution in [0.5, 0.6) is 0 Å². The first-order valence-corrected chi connectivity index (χ1v) is 6.21. The van der Waals surface area contributed by atoms with Gasteiger partial charge in [-0.15, -0.1) is 0 Å². The Morgan fingerprint density at radius 3 is 2.44 bits per heavy atom. The molecule has 1 heterocycles. The average molecular weight is 262 g/mol. The quantitative estimate of drug-likeness (QED) is 0.793. The number of halogens is 1. The van der Waals surface area contributed by atoms with Gasteiger partial charge in [-0.1, -0.05) is 41.9 Å². The van der Waals surface area contributed by atoms with Crippen LogP contribution in [0, 0.1) is 13.8 Å². The SMILES string of the molecule is Cc1nc(Cl)c(C)c(N(C)Cc2ccccc2)n1. The van der Waals surface area contributed by atoms with Crippen molar-refractivity contribution in [3.8, 4) is 0 Å². The molecule has 0 aliphatic rings. The van der Waals surface area contributed by atoms with Crippen molar-refractivity contribution in [3.05, 3.63) is 52.4 Å². The number of hydrogen-bond donors (Lipinski definition) is 0. The van der Waals surface area contributed by atoms with Crippen LogP contribution in [0.1, 0.15) is 17.0 Å². The number of aromatic nitrogens is 2. The highest BCUT2D eigenvalue weighted by Crippen LogP contribution is 2.23. The van der Waals surface area contributed by atoms with Crippen LogP contribution in [0.15, 0.2) is 30.3 Å². The third kappa shape index (κ3) is 2.79. The molecule has 3 nitrogen and oxygen atoms in total. The van der Waals surface area contributed by atoms with E-state index in [2.05, 4.69) is 27.0 Å². The van der Waals surface area contributed by atoms with E-state index in [9.17, 15) is 0 Å². The van der Waals surface area contributed by atoms with Gasteiger partial charge in [-0.25, -0.2) is 9.97 Å². The third-order valence-corrected chi connectivity index (χ3v) is 3.16. The van der Waals surface area contributed by atoms with Crippen molar-refractivity contribution in [3.63, 3.8) is 0 Å². The van der Waals surface area contributed by atoms with Gasteiger partial charge in [0.15, 0.2) is 0 Å². The maximum Gasteiger partial charge on any atom is 0.137 e.